The highest BCUT2D eigenvalue weighted by atomic mass is 31.3. The maximum absolute atomic E-state index is 12.2. The highest BCUT2D eigenvalue weighted by Crippen LogP contribution is 2.62. The number of ether oxygens (including phenoxy) is 1. The number of fused-ring (bicyclic) bond motifs is 1. The molecule has 0 saturated carbocycles. The first-order valence-corrected chi connectivity index (χ1v) is 10.1. The Labute approximate surface area is 150 Å². The monoisotopic (exact) mass is 427 g/mol. The average molecular weight is 427 g/mol. The number of anilines is 1. The molecule has 5 atom stereocenters. The summed E-state index contributed by atoms with van der Waals surface area (Å²) in [4.78, 5) is 29.3. The van der Waals surface area contributed by atoms with Crippen molar-refractivity contribution >= 4 is 32.6 Å². The summed E-state index contributed by atoms with van der Waals surface area (Å²) in [5, 5.41) is 20.3. The number of nitrogens with two attached hydrogens (primary N) is 1. The van der Waals surface area contributed by atoms with Crippen LogP contribution in [0.25, 0.3) is 11.2 Å². The third-order valence-corrected chi connectivity index (χ3v) is 6.08. The molecule has 0 amide bonds. The minimum Gasteiger partial charge on any atom is -0.385 e. The Kier molecular flexibility index (Phi) is 5.35. The fourth-order valence-corrected chi connectivity index (χ4v) is 4.33. The summed E-state index contributed by atoms with van der Waals surface area (Å²) in [7, 11) is -9.28. The molecule has 0 spiro atoms. The number of hydrogen-bond acceptors (Lipinski definition) is 12. The number of imidazole rings is 1. The van der Waals surface area contributed by atoms with Crippen molar-refractivity contribution in [2.24, 2.45) is 0 Å². The van der Waals surface area contributed by atoms with Crippen molar-refractivity contribution < 1.29 is 47.2 Å². The van der Waals surface area contributed by atoms with Crippen LogP contribution in [0.5, 0.6) is 0 Å². The molecule has 0 bridgehead atoms. The molecular formula is C10H15N5O10P2. The van der Waals surface area contributed by atoms with Gasteiger partial charge in [-0.05, 0) is 0 Å². The zero-order valence-electron chi connectivity index (χ0n) is 13.5. The summed E-state index contributed by atoms with van der Waals surface area (Å²) in [5.74, 6) is 0.0681. The van der Waals surface area contributed by atoms with E-state index in [1.165, 1.54) is 10.9 Å². The van der Waals surface area contributed by atoms with Crippen molar-refractivity contribution in [3.05, 3.63) is 12.7 Å². The predicted octanol–water partition coefficient (Wildman–Crippen LogP) is -1.13. The van der Waals surface area contributed by atoms with Gasteiger partial charge in [0.05, 0.1) is 6.33 Å². The molecule has 1 aliphatic heterocycles. The number of hydrogen-bond donors (Lipinski definition) is 5. The number of aromatic nitrogens is 4. The van der Waals surface area contributed by atoms with Crippen molar-refractivity contribution in [1.82, 2.24) is 19.5 Å². The Morgan fingerprint density at radius 3 is 2.56 bits per heavy atom. The van der Waals surface area contributed by atoms with Gasteiger partial charge in [0.2, 0.25) is 0 Å². The standard InChI is InChI=1S/C10H15N5O10P2/c1-22-27(21,25-26(18,19)20)24-10-6(17)5(16)9(23-10)15-3-14-4-7(11)12-2-13-8(4)15/h2-3,5-6,9-10,16-17H,1H3,(H2,11,12,13)(H2,18,19,20)/t5-,6-,9-,10-,27?/m1/s1. The lowest BCUT2D eigenvalue weighted by molar-refractivity contribution is -0.134. The average Bonchev–Trinajstić information content (AvgIpc) is 3.11. The second kappa shape index (κ2) is 7.14. The van der Waals surface area contributed by atoms with Gasteiger partial charge in [-0.3, -0.25) is 13.6 Å². The van der Waals surface area contributed by atoms with E-state index in [0.717, 1.165) is 13.4 Å². The quantitative estimate of drug-likeness (QED) is 0.344. The number of phosphoric ester groups is 1. The van der Waals surface area contributed by atoms with Gasteiger partial charge in [-0.2, -0.15) is 4.31 Å². The van der Waals surface area contributed by atoms with Crippen molar-refractivity contribution in [1.29, 1.82) is 0 Å². The van der Waals surface area contributed by atoms with E-state index in [9.17, 15) is 19.3 Å². The van der Waals surface area contributed by atoms with Crippen LogP contribution < -0.4 is 5.73 Å². The topological polar surface area (TPSA) is 222 Å². The van der Waals surface area contributed by atoms with Gasteiger partial charge < -0.3 is 30.5 Å². The molecule has 1 fully saturated rings. The lowest BCUT2D eigenvalue weighted by Gasteiger charge is -2.21. The fourth-order valence-electron chi connectivity index (χ4n) is 2.35. The fraction of sp³-hybridized carbons (Fsp3) is 0.500. The summed E-state index contributed by atoms with van der Waals surface area (Å²) in [6, 6.07) is 0. The van der Waals surface area contributed by atoms with Crippen LogP contribution in [0.1, 0.15) is 6.23 Å². The number of aliphatic hydroxyl groups excluding tert-OH is 2. The Morgan fingerprint density at radius 2 is 1.93 bits per heavy atom. The molecule has 3 rings (SSSR count). The number of nitrogens with zero attached hydrogens (tertiary/aromatic N) is 4. The second-order valence-electron chi connectivity index (χ2n) is 5.27. The number of nitrogen functional groups attached to an aromatic ring is 1. The predicted molar refractivity (Wildman–Crippen MR) is 84.5 cm³/mol. The Bertz CT molecular complexity index is 932. The zero-order chi connectivity index (χ0) is 20.0. The van der Waals surface area contributed by atoms with Crippen LogP contribution in [-0.4, -0.2) is 65.1 Å². The van der Waals surface area contributed by atoms with E-state index in [4.69, 9.17) is 24.8 Å². The smallest absolute Gasteiger partial charge is 0.385 e. The highest BCUT2D eigenvalue weighted by Gasteiger charge is 2.50. The lowest BCUT2D eigenvalue weighted by Crippen LogP contribution is -2.32. The first-order valence-electron chi connectivity index (χ1n) is 7.10. The Morgan fingerprint density at radius 1 is 1.22 bits per heavy atom. The van der Waals surface area contributed by atoms with Crippen molar-refractivity contribution in [3.8, 4) is 0 Å². The van der Waals surface area contributed by atoms with Crippen LogP contribution in [0.4, 0.5) is 5.82 Å². The lowest BCUT2D eigenvalue weighted by atomic mass is 10.2. The van der Waals surface area contributed by atoms with Gasteiger partial charge in [0.1, 0.15) is 24.1 Å². The first kappa shape index (κ1) is 20.2. The molecule has 6 N–H and O–H groups in total. The summed E-state index contributed by atoms with van der Waals surface area (Å²) < 4.78 is 42.7. The van der Waals surface area contributed by atoms with E-state index in [1.54, 1.807) is 0 Å². The molecule has 1 aliphatic rings. The second-order valence-corrected chi connectivity index (χ2v) is 8.37. The van der Waals surface area contributed by atoms with E-state index in [1.807, 2.05) is 0 Å². The largest absolute Gasteiger partial charge is 0.485 e. The van der Waals surface area contributed by atoms with E-state index in [-0.39, 0.29) is 17.0 Å². The van der Waals surface area contributed by atoms with Crippen molar-refractivity contribution in [3.63, 3.8) is 0 Å². The first-order chi connectivity index (χ1) is 12.5. The number of rotatable bonds is 6. The molecule has 0 aromatic carbocycles. The molecule has 2 aromatic rings. The molecular weight excluding hydrogens is 412 g/mol. The van der Waals surface area contributed by atoms with Crippen LogP contribution >= 0.6 is 15.6 Å². The van der Waals surface area contributed by atoms with E-state index in [2.05, 4.69) is 23.8 Å². The summed E-state index contributed by atoms with van der Waals surface area (Å²) in [5.41, 5.74) is 6.04. The molecule has 1 saturated heterocycles. The van der Waals surface area contributed by atoms with Crippen LogP contribution in [0, 0.1) is 0 Å². The van der Waals surface area contributed by atoms with E-state index in [0.29, 0.717) is 0 Å². The summed E-state index contributed by atoms with van der Waals surface area (Å²) >= 11 is 0. The Balaban J connectivity index is 1.86. The summed E-state index contributed by atoms with van der Waals surface area (Å²) in [6.45, 7) is 0. The van der Waals surface area contributed by atoms with E-state index >= 15 is 0 Å². The molecule has 150 valence electrons. The number of phosphoric acid groups is 2. The highest BCUT2D eigenvalue weighted by molar-refractivity contribution is 7.61. The normalized spacial score (nSPS) is 28.5. The third-order valence-electron chi connectivity index (χ3n) is 3.52. The van der Waals surface area contributed by atoms with Gasteiger partial charge >= 0.3 is 15.6 Å². The SMILES string of the molecule is COP(=O)(O[C@H]1O[C@@H](n2cnc3c(N)ncnc32)[C@H](O)[C@H]1O)OP(=O)(O)O. The zero-order valence-corrected chi connectivity index (χ0v) is 15.3. The van der Waals surface area contributed by atoms with Crippen molar-refractivity contribution in [2.75, 3.05) is 12.8 Å². The van der Waals surface area contributed by atoms with Gasteiger partial charge in [0.15, 0.2) is 24.0 Å². The van der Waals surface area contributed by atoms with Crippen LogP contribution in [-0.2, 0) is 27.2 Å². The van der Waals surface area contributed by atoms with E-state index < -0.39 is 40.4 Å². The molecule has 27 heavy (non-hydrogen) atoms. The molecule has 0 radical (unpaired) electrons. The molecule has 1 unspecified atom stereocenters. The molecule has 17 heteroatoms. The molecule has 0 aliphatic carbocycles. The van der Waals surface area contributed by atoms with Gasteiger partial charge in [-0.25, -0.2) is 24.1 Å². The maximum Gasteiger partial charge on any atom is 0.485 e. The third kappa shape index (κ3) is 4.02. The molecule has 3 heterocycles. The van der Waals surface area contributed by atoms with Crippen LogP contribution in [0.3, 0.4) is 0 Å². The van der Waals surface area contributed by atoms with Gasteiger partial charge in [0, 0.05) is 7.11 Å². The van der Waals surface area contributed by atoms with Gasteiger partial charge in [-0.1, -0.05) is 0 Å². The van der Waals surface area contributed by atoms with Crippen molar-refractivity contribution in [2.45, 2.75) is 24.7 Å². The summed E-state index contributed by atoms with van der Waals surface area (Å²) in [6.07, 6.45) is -4.18. The molecule has 2 aromatic heterocycles. The van der Waals surface area contributed by atoms with Gasteiger partial charge in [0.25, 0.3) is 0 Å². The minimum absolute atomic E-state index is 0.0681. The minimum atomic E-state index is -5.26. The van der Waals surface area contributed by atoms with Crippen LogP contribution in [0.15, 0.2) is 12.7 Å². The Hall–Kier alpha value is -1.51. The van der Waals surface area contributed by atoms with Crippen LogP contribution in [0.2, 0.25) is 0 Å². The molecule has 15 nitrogen and oxygen atoms in total. The number of aliphatic hydroxyl groups is 2. The van der Waals surface area contributed by atoms with Gasteiger partial charge in [-0.15, -0.1) is 0 Å². The maximum atomic E-state index is 12.2.